The molecule has 0 radical (unpaired) electrons. The highest BCUT2D eigenvalue weighted by molar-refractivity contribution is 9.10. The van der Waals surface area contributed by atoms with Gasteiger partial charge < -0.3 is 10.6 Å². The fourth-order valence-electron chi connectivity index (χ4n) is 1.57. The van der Waals surface area contributed by atoms with E-state index in [1.54, 1.807) is 24.3 Å². The molecule has 0 saturated heterocycles. The van der Waals surface area contributed by atoms with E-state index >= 15 is 0 Å². The number of amides is 2. The van der Waals surface area contributed by atoms with Crippen molar-refractivity contribution in [3.8, 4) is 0 Å². The summed E-state index contributed by atoms with van der Waals surface area (Å²) >= 11 is 9.23. The molecule has 3 nitrogen and oxygen atoms in total. The average molecular weight is 340 g/mol. The van der Waals surface area contributed by atoms with E-state index in [9.17, 15) is 4.79 Å². The van der Waals surface area contributed by atoms with Crippen molar-refractivity contribution in [1.29, 1.82) is 0 Å². The number of benzene rings is 2. The number of carbonyl (C=O) groups is 1. The van der Waals surface area contributed by atoms with Gasteiger partial charge in [-0.25, -0.2) is 4.79 Å². The maximum atomic E-state index is 11.7. The number of nitrogens with one attached hydrogen (secondary N) is 2. The van der Waals surface area contributed by atoms with Crippen LogP contribution in [0.5, 0.6) is 0 Å². The van der Waals surface area contributed by atoms with Crippen molar-refractivity contribution >= 4 is 39.2 Å². The molecule has 2 N–H and O–H groups in total. The molecule has 0 aliphatic carbocycles. The summed E-state index contributed by atoms with van der Waals surface area (Å²) < 4.78 is 0.988. The first-order valence-corrected chi connectivity index (χ1v) is 6.85. The number of carbonyl (C=O) groups excluding carboxylic acids is 1. The molecule has 2 rings (SSSR count). The predicted octanol–water partition coefficient (Wildman–Crippen LogP) is 4.42. The molecule has 2 aromatic carbocycles. The van der Waals surface area contributed by atoms with Crippen LogP contribution in [0.2, 0.25) is 5.02 Å². The number of urea groups is 1. The van der Waals surface area contributed by atoms with Gasteiger partial charge in [-0.1, -0.05) is 45.7 Å². The van der Waals surface area contributed by atoms with E-state index in [0.29, 0.717) is 17.3 Å². The molecule has 0 heterocycles. The molecule has 2 amide bonds. The SMILES string of the molecule is O=C(NCc1cccc(Br)c1)Nc1cccc(Cl)c1. The van der Waals surface area contributed by atoms with E-state index in [2.05, 4.69) is 26.6 Å². The lowest BCUT2D eigenvalue weighted by Gasteiger charge is -2.08. The summed E-state index contributed by atoms with van der Waals surface area (Å²) in [4.78, 5) is 11.7. The minimum atomic E-state index is -0.262. The first kappa shape index (κ1) is 13.9. The fourth-order valence-corrected chi connectivity index (χ4v) is 2.21. The maximum absolute atomic E-state index is 11.7. The molecule has 0 aliphatic rings. The molecule has 0 unspecified atom stereocenters. The zero-order valence-electron chi connectivity index (χ0n) is 9.99. The molecule has 0 saturated carbocycles. The largest absolute Gasteiger partial charge is 0.334 e. The van der Waals surface area contributed by atoms with Crippen LogP contribution in [0.15, 0.2) is 53.0 Å². The summed E-state index contributed by atoms with van der Waals surface area (Å²) in [6.45, 7) is 0.464. The number of rotatable bonds is 3. The van der Waals surface area contributed by atoms with Crippen molar-refractivity contribution < 1.29 is 4.79 Å². The van der Waals surface area contributed by atoms with E-state index in [-0.39, 0.29) is 6.03 Å². The third-order valence-electron chi connectivity index (χ3n) is 2.42. The van der Waals surface area contributed by atoms with Crippen molar-refractivity contribution in [2.45, 2.75) is 6.54 Å². The molecule has 0 spiro atoms. The van der Waals surface area contributed by atoms with Crippen molar-refractivity contribution in [2.24, 2.45) is 0 Å². The topological polar surface area (TPSA) is 41.1 Å². The second-order valence-electron chi connectivity index (χ2n) is 3.95. The predicted molar refractivity (Wildman–Crippen MR) is 81.5 cm³/mol. The van der Waals surface area contributed by atoms with Gasteiger partial charge in [0.05, 0.1) is 0 Å². The van der Waals surface area contributed by atoms with Crippen LogP contribution in [-0.2, 0) is 6.54 Å². The van der Waals surface area contributed by atoms with E-state index < -0.39 is 0 Å². The smallest absolute Gasteiger partial charge is 0.319 e. The van der Waals surface area contributed by atoms with Gasteiger partial charge in [0.15, 0.2) is 0 Å². The molecular weight excluding hydrogens is 328 g/mol. The van der Waals surface area contributed by atoms with Crippen LogP contribution >= 0.6 is 27.5 Å². The van der Waals surface area contributed by atoms with Gasteiger partial charge in [0.25, 0.3) is 0 Å². The normalized spacial score (nSPS) is 10.0. The number of halogens is 2. The first-order valence-electron chi connectivity index (χ1n) is 5.68. The lowest BCUT2D eigenvalue weighted by Crippen LogP contribution is -2.28. The zero-order valence-corrected chi connectivity index (χ0v) is 12.3. The van der Waals surface area contributed by atoms with Crippen molar-refractivity contribution in [2.75, 3.05) is 5.32 Å². The Bertz CT molecular complexity index is 589. The van der Waals surface area contributed by atoms with E-state index in [4.69, 9.17) is 11.6 Å². The summed E-state index contributed by atoms with van der Waals surface area (Å²) in [5.74, 6) is 0. The van der Waals surface area contributed by atoms with Crippen LogP contribution in [0.25, 0.3) is 0 Å². The Hall–Kier alpha value is -1.52. The minimum Gasteiger partial charge on any atom is -0.334 e. The summed E-state index contributed by atoms with van der Waals surface area (Å²) in [5.41, 5.74) is 1.69. The number of hydrogen-bond acceptors (Lipinski definition) is 1. The van der Waals surface area contributed by atoms with Crippen LogP contribution in [-0.4, -0.2) is 6.03 Å². The highest BCUT2D eigenvalue weighted by atomic mass is 79.9. The van der Waals surface area contributed by atoms with Crippen LogP contribution < -0.4 is 10.6 Å². The third kappa shape index (κ3) is 4.58. The lowest BCUT2D eigenvalue weighted by atomic mass is 10.2. The van der Waals surface area contributed by atoms with Gasteiger partial charge in [0, 0.05) is 21.7 Å². The summed E-state index contributed by atoms with van der Waals surface area (Å²) in [5, 5.41) is 6.09. The van der Waals surface area contributed by atoms with Gasteiger partial charge in [-0.15, -0.1) is 0 Å². The lowest BCUT2D eigenvalue weighted by molar-refractivity contribution is 0.251. The Labute approximate surface area is 125 Å². The quantitative estimate of drug-likeness (QED) is 0.853. The monoisotopic (exact) mass is 338 g/mol. The molecule has 0 aliphatic heterocycles. The summed E-state index contributed by atoms with van der Waals surface area (Å²) in [7, 11) is 0. The fraction of sp³-hybridized carbons (Fsp3) is 0.0714. The third-order valence-corrected chi connectivity index (χ3v) is 3.15. The van der Waals surface area contributed by atoms with Crippen molar-refractivity contribution in [3.05, 3.63) is 63.6 Å². The van der Waals surface area contributed by atoms with Crippen LogP contribution in [0.4, 0.5) is 10.5 Å². The Morgan fingerprint density at radius 3 is 2.68 bits per heavy atom. The zero-order chi connectivity index (χ0) is 13.7. The minimum absolute atomic E-state index is 0.262. The second-order valence-corrected chi connectivity index (χ2v) is 5.30. The average Bonchev–Trinajstić information content (AvgIpc) is 2.36. The Kier molecular flexibility index (Phi) is 4.82. The molecular formula is C14H12BrClN2O. The van der Waals surface area contributed by atoms with E-state index in [1.165, 1.54) is 0 Å². The molecule has 5 heteroatoms. The van der Waals surface area contributed by atoms with Crippen molar-refractivity contribution in [1.82, 2.24) is 5.32 Å². The second kappa shape index (κ2) is 6.59. The molecule has 0 bridgehead atoms. The molecule has 0 atom stereocenters. The van der Waals surface area contributed by atoms with Crippen molar-refractivity contribution in [3.63, 3.8) is 0 Å². The van der Waals surface area contributed by atoms with Gasteiger partial charge in [-0.05, 0) is 35.9 Å². The standard InChI is InChI=1S/C14H12BrClN2O/c15-11-4-1-3-10(7-11)9-17-14(19)18-13-6-2-5-12(16)8-13/h1-8H,9H2,(H2,17,18,19). The Morgan fingerprint density at radius 2 is 1.95 bits per heavy atom. The van der Waals surface area contributed by atoms with Gasteiger partial charge in [0.2, 0.25) is 0 Å². The molecule has 98 valence electrons. The Balaban J connectivity index is 1.88. The van der Waals surface area contributed by atoms with E-state index in [1.807, 2.05) is 24.3 Å². The first-order chi connectivity index (χ1) is 9.13. The maximum Gasteiger partial charge on any atom is 0.319 e. The molecule has 19 heavy (non-hydrogen) atoms. The van der Waals surface area contributed by atoms with Gasteiger partial charge in [0.1, 0.15) is 0 Å². The molecule has 0 fully saturated rings. The highest BCUT2D eigenvalue weighted by Crippen LogP contribution is 2.15. The number of hydrogen-bond donors (Lipinski definition) is 2. The highest BCUT2D eigenvalue weighted by Gasteiger charge is 2.02. The molecule has 2 aromatic rings. The van der Waals surface area contributed by atoms with Gasteiger partial charge in [-0.2, -0.15) is 0 Å². The molecule has 0 aromatic heterocycles. The number of anilines is 1. The van der Waals surface area contributed by atoms with Gasteiger partial charge in [-0.3, -0.25) is 0 Å². The Morgan fingerprint density at radius 1 is 1.16 bits per heavy atom. The summed E-state index contributed by atoms with van der Waals surface area (Å²) in [6, 6.07) is 14.5. The van der Waals surface area contributed by atoms with E-state index in [0.717, 1.165) is 10.0 Å². The van der Waals surface area contributed by atoms with Crippen LogP contribution in [0.1, 0.15) is 5.56 Å². The summed E-state index contributed by atoms with van der Waals surface area (Å²) in [6.07, 6.45) is 0. The van der Waals surface area contributed by atoms with Gasteiger partial charge >= 0.3 is 6.03 Å². The van der Waals surface area contributed by atoms with Crippen LogP contribution in [0, 0.1) is 0 Å². The van der Waals surface area contributed by atoms with Crippen LogP contribution in [0.3, 0.4) is 0 Å².